The van der Waals surface area contributed by atoms with E-state index in [0.717, 1.165) is 10.6 Å². The number of carbonyl (C=O) groups excluding carboxylic acids is 2. The second-order valence-corrected chi connectivity index (χ2v) is 6.98. The van der Waals surface area contributed by atoms with Crippen LogP contribution in [0.15, 0.2) is 29.2 Å². The van der Waals surface area contributed by atoms with Gasteiger partial charge < -0.3 is 10.1 Å². The van der Waals surface area contributed by atoms with E-state index in [-0.39, 0.29) is 11.7 Å². The number of amides is 1. The molecule has 0 radical (unpaired) electrons. The van der Waals surface area contributed by atoms with Gasteiger partial charge in [0.25, 0.3) is 0 Å². The van der Waals surface area contributed by atoms with Crippen LogP contribution in [-0.2, 0) is 4.79 Å². The molecule has 0 aliphatic rings. The van der Waals surface area contributed by atoms with Gasteiger partial charge in [0.05, 0.1) is 17.7 Å². The van der Waals surface area contributed by atoms with Crippen LogP contribution in [0.1, 0.15) is 28.7 Å². The van der Waals surface area contributed by atoms with Crippen molar-refractivity contribution in [3.8, 4) is 5.75 Å². The van der Waals surface area contributed by atoms with Gasteiger partial charge in [0.2, 0.25) is 5.91 Å². The lowest BCUT2D eigenvalue weighted by Gasteiger charge is -2.04. The number of hydrogen-bond donors (Lipinski definition) is 1. The van der Waals surface area contributed by atoms with Gasteiger partial charge in [0, 0.05) is 24.0 Å². The maximum Gasteiger partial charge on any atom is 0.226 e. The van der Waals surface area contributed by atoms with Crippen LogP contribution in [0.4, 0.5) is 5.13 Å². The Morgan fingerprint density at radius 2 is 2.00 bits per heavy atom. The molecule has 1 aromatic heterocycles. The van der Waals surface area contributed by atoms with E-state index in [9.17, 15) is 9.59 Å². The van der Waals surface area contributed by atoms with E-state index in [0.29, 0.717) is 27.9 Å². The van der Waals surface area contributed by atoms with Gasteiger partial charge >= 0.3 is 0 Å². The zero-order valence-corrected chi connectivity index (χ0v) is 14.8. The molecule has 0 aliphatic heterocycles. The van der Waals surface area contributed by atoms with Crippen LogP contribution in [0.5, 0.6) is 5.75 Å². The highest BCUT2D eigenvalue weighted by molar-refractivity contribution is 7.99. The molecule has 0 spiro atoms. The van der Waals surface area contributed by atoms with E-state index in [1.54, 1.807) is 25.8 Å². The Kier molecular flexibility index (Phi) is 6.18. The largest absolute Gasteiger partial charge is 0.497 e. The standard InChI is InChI=1S/C16H18N2O3S2/c1-10-15(11(2)19)23-16(17-10)18-14(20)8-9-22-13-6-4-12(21-3)5-7-13/h4-7H,8-9H2,1-3H3,(H,17,18,20). The Hall–Kier alpha value is -1.86. The average Bonchev–Trinajstić information content (AvgIpc) is 2.88. The fraction of sp³-hybridized carbons (Fsp3) is 0.312. The molecule has 1 N–H and O–H groups in total. The second kappa shape index (κ2) is 8.12. The van der Waals surface area contributed by atoms with E-state index in [1.165, 1.54) is 18.3 Å². The van der Waals surface area contributed by atoms with Gasteiger partial charge in [-0.2, -0.15) is 0 Å². The van der Waals surface area contributed by atoms with Gasteiger partial charge in [0.1, 0.15) is 5.75 Å². The van der Waals surface area contributed by atoms with E-state index in [1.807, 2.05) is 24.3 Å². The molecule has 1 heterocycles. The molecular formula is C16H18N2O3S2. The van der Waals surface area contributed by atoms with Crippen LogP contribution in [0.3, 0.4) is 0 Å². The normalized spacial score (nSPS) is 10.4. The summed E-state index contributed by atoms with van der Waals surface area (Å²) < 4.78 is 5.10. The summed E-state index contributed by atoms with van der Waals surface area (Å²) in [5, 5.41) is 3.22. The fourth-order valence-electron chi connectivity index (χ4n) is 1.89. The van der Waals surface area contributed by atoms with E-state index in [2.05, 4.69) is 10.3 Å². The van der Waals surface area contributed by atoms with Crippen molar-refractivity contribution in [2.45, 2.75) is 25.2 Å². The first-order valence-electron chi connectivity index (χ1n) is 7.04. The summed E-state index contributed by atoms with van der Waals surface area (Å²) in [6.45, 7) is 3.26. The van der Waals surface area contributed by atoms with Gasteiger partial charge in [-0.25, -0.2) is 4.98 Å². The molecule has 5 nitrogen and oxygen atoms in total. The highest BCUT2D eigenvalue weighted by Crippen LogP contribution is 2.24. The number of anilines is 1. The lowest BCUT2D eigenvalue weighted by atomic mass is 10.3. The van der Waals surface area contributed by atoms with Gasteiger partial charge in [0.15, 0.2) is 10.9 Å². The van der Waals surface area contributed by atoms with Crippen LogP contribution >= 0.6 is 23.1 Å². The lowest BCUT2D eigenvalue weighted by Crippen LogP contribution is -2.11. The molecule has 0 bridgehead atoms. The van der Waals surface area contributed by atoms with Crippen LogP contribution in [0.25, 0.3) is 0 Å². The highest BCUT2D eigenvalue weighted by atomic mass is 32.2. The van der Waals surface area contributed by atoms with Gasteiger partial charge in [-0.1, -0.05) is 11.3 Å². The smallest absolute Gasteiger partial charge is 0.226 e. The van der Waals surface area contributed by atoms with Crippen LogP contribution < -0.4 is 10.1 Å². The number of thiazole rings is 1. The lowest BCUT2D eigenvalue weighted by molar-refractivity contribution is -0.115. The Morgan fingerprint density at radius 3 is 2.57 bits per heavy atom. The highest BCUT2D eigenvalue weighted by Gasteiger charge is 2.13. The molecule has 0 saturated heterocycles. The summed E-state index contributed by atoms with van der Waals surface area (Å²) in [6, 6.07) is 7.71. The Morgan fingerprint density at radius 1 is 1.30 bits per heavy atom. The molecule has 1 amide bonds. The SMILES string of the molecule is COc1ccc(SCCC(=O)Nc2nc(C)c(C(C)=O)s2)cc1. The Labute approximate surface area is 143 Å². The molecule has 0 saturated carbocycles. The number of ketones is 1. The summed E-state index contributed by atoms with van der Waals surface area (Å²) in [5.41, 5.74) is 0.658. The van der Waals surface area contributed by atoms with Gasteiger partial charge in [-0.05, 0) is 31.2 Å². The van der Waals surface area contributed by atoms with E-state index in [4.69, 9.17) is 4.74 Å². The first-order valence-corrected chi connectivity index (χ1v) is 8.85. The molecule has 23 heavy (non-hydrogen) atoms. The maximum atomic E-state index is 11.9. The number of nitrogens with zero attached hydrogens (tertiary/aromatic N) is 1. The van der Waals surface area contributed by atoms with Crippen molar-refractivity contribution in [2.24, 2.45) is 0 Å². The molecule has 1 aromatic carbocycles. The molecular weight excluding hydrogens is 332 g/mol. The third-order valence-corrected chi connectivity index (χ3v) is 5.21. The van der Waals surface area contributed by atoms with E-state index >= 15 is 0 Å². The number of ether oxygens (including phenoxy) is 1. The molecule has 2 aromatic rings. The van der Waals surface area contributed by atoms with Crippen molar-refractivity contribution >= 4 is 39.9 Å². The molecule has 0 unspecified atom stereocenters. The minimum absolute atomic E-state index is 0.0319. The minimum atomic E-state index is -0.102. The third kappa shape index (κ3) is 5.07. The molecule has 0 atom stereocenters. The summed E-state index contributed by atoms with van der Waals surface area (Å²) in [6.07, 6.45) is 0.380. The monoisotopic (exact) mass is 350 g/mol. The molecule has 7 heteroatoms. The number of aromatic nitrogens is 1. The zero-order valence-electron chi connectivity index (χ0n) is 13.2. The van der Waals surface area contributed by atoms with Crippen molar-refractivity contribution in [2.75, 3.05) is 18.2 Å². The minimum Gasteiger partial charge on any atom is -0.497 e. The molecule has 2 rings (SSSR count). The number of carbonyl (C=O) groups is 2. The number of benzene rings is 1. The summed E-state index contributed by atoms with van der Waals surface area (Å²) in [4.78, 5) is 29.2. The molecule has 0 aliphatic carbocycles. The number of Topliss-reactive ketones (excluding diaryl/α,β-unsaturated/α-hetero) is 1. The van der Waals surface area contributed by atoms with Crippen molar-refractivity contribution in [3.63, 3.8) is 0 Å². The van der Waals surface area contributed by atoms with Crippen LogP contribution in [-0.4, -0.2) is 29.5 Å². The van der Waals surface area contributed by atoms with Crippen molar-refractivity contribution in [1.29, 1.82) is 0 Å². The first kappa shape index (κ1) is 17.5. The number of nitrogens with one attached hydrogen (secondary N) is 1. The van der Waals surface area contributed by atoms with Crippen molar-refractivity contribution in [3.05, 3.63) is 34.8 Å². The quantitative estimate of drug-likeness (QED) is 0.608. The number of rotatable bonds is 7. The predicted octanol–water partition coefficient (Wildman–Crippen LogP) is 3.78. The van der Waals surface area contributed by atoms with Crippen molar-refractivity contribution < 1.29 is 14.3 Å². The van der Waals surface area contributed by atoms with Crippen LogP contribution in [0, 0.1) is 6.92 Å². The summed E-state index contributed by atoms with van der Waals surface area (Å²) in [5.74, 6) is 1.35. The third-order valence-electron chi connectivity index (χ3n) is 3.02. The number of thioether (sulfide) groups is 1. The van der Waals surface area contributed by atoms with Gasteiger partial charge in [-0.15, -0.1) is 11.8 Å². The number of methoxy groups -OCH3 is 1. The van der Waals surface area contributed by atoms with Gasteiger partial charge in [-0.3, -0.25) is 9.59 Å². The summed E-state index contributed by atoms with van der Waals surface area (Å²) >= 11 is 2.82. The Bertz CT molecular complexity index is 696. The second-order valence-electron chi connectivity index (χ2n) is 4.81. The maximum absolute atomic E-state index is 11.9. The summed E-state index contributed by atoms with van der Waals surface area (Å²) in [7, 11) is 1.63. The fourth-order valence-corrected chi connectivity index (χ4v) is 3.62. The topological polar surface area (TPSA) is 68.3 Å². The Balaban J connectivity index is 1.80. The number of hydrogen-bond acceptors (Lipinski definition) is 6. The van der Waals surface area contributed by atoms with Crippen molar-refractivity contribution in [1.82, 2.24) is 4.98 Å². The zero-order chi connectivity index (χ0) is 16.8. The van der Waals surface area contributed by atoms with E-state index < -0.39 is 0 Å². The predicted molar refractivity (Wildman–Crippen MR) is 93.8 cm³/mol. The first-order chi connectivity index (χ1) is 11.0. The molecule has 0 fully saturated rings. The van der Waals surface area contributed by atoms with Crippen LogP contribution in [0.2, 0.25) is 0 Å². The average molecular weight is 350 g/mol. The molecule has 122 valence electrons. The number of aryl methyl sites for hydroxylation is 1.